The number of nitrogens with zero attached hydrogens (tertiary/aromatic N) is 1. The van der Waals surface area contributed by atoms with Crippen molar-refractivity contribution in [3.05, 3.63) is 48.5 Å². The van der Waals surface area contributed by atoms with E-state index in [0.717, 1.165) is 28.2 Å². The largest absolute Gasteiger partial charge is 0.500 e. The highest BCUT2D eigenvalue weighted by atomic mass is 28.4. The Morgan fingerprint density at radius 3 is 1.83 bits per heavy atom. The van der Waals surface area contributed by atoms with Crippen LogP contribution < -0.4 is 5.32 Å². The monoisotopic (exact) mass is 414 g/mol. The van der Waals surface area contributed by atoms with E-state index in [-0.39, 0.29) is 6.03 Å². The molecule has 1 heterocycles. The summed E-state index contributed by atoms with van der Waals surface area (Å²) in [4.78, 5) is 13.0. The first-order chi connectivity index (χ1) is 14.2. The highest BCUT2D eigenvalue weighted by Gasteiger charge is 2.39. The molecule has 0 bridgehead atoms. The van der Waals surface area contributed by atoms with Crippen molar-refractivity contribution in [2.24, 2.45) is 0 Å². The zero-order valence-electron chi connectivity index (χ0n) is 17.4. The predicted molar refractivity (Wildman–Crippen MR) is 118 cm³/mol. The number of para-hydroxylation sites is 2. The number of fused-ring (bicyclic) bond motifs is 3. The zero-order valence-corrected chi connectivity index (χ0v) is 18.4. The lowest BCUT2D eigenvalue weighted by atomic mass is 10.2. The van der Waals surface area contributed by atoms with Gasteiger partial charge in [0.25, 0.3) is 0 Å². The first-order valence-electron chi connectivity index (χ1n) is 10.3. The molecule has 0 aliphatic rings. The van der Waals surface area contributed by atoms with E-state index in [1.165, 1.54) is 0 Å². The Bertz CT molecular complexity index is 886. The summed E-state index contributed by atoms with van der Waals surface area (Å²) in [6.07, 6.45) is 0.731. The fraction of sp³-hybridized carbons (Fsp3) is 0.409. The van der Waals surface area contributed by atoms with Gasteiger partial charge in [-0.25, -0.2) is 4.79 Å². The molecule has 0 fully saturated rings. The third-order valence-corrected chi connectivity index (χ3v) is 7.96. The Balaban J connectivity index is 1.71. The normalized spacial score (nSPS) is 12.0. The molecule has 0 aliphatic heterocycles. The van der Waals surface area contributed by atoms with Crippen molar-refractivity contribution in [2.75, 3.05) is 26.4 Å². The lowest BCUT2D eigenvalue weighted by Crippen LogP contribution is -2.46. The molecule has 1 N–H and O–H groups in total. The van der Waals surface area contributed by atoms with Crippen LogP contribution in [0.25, 0.3) is 21.8 Å². The van der Waals surface area contributed by atoms with Crippen LogP contribution in [0, 0.1) is 0 Å². The van der Waals surface area contributed by atoms with Gasteiger partial charge in [0.05, 0.1) is 11.0 Å². The van der Waals surface area contributed by atoms with Gasteiger partial charge in [-0.1, -0.05) is 36.4 Å². The van der Waals surface area contributed by atoms with Crippen LogP contribution in [0.5, 0.6) is 0 Å². The van der Waals surface area contributed by atoms with Crippen LogP contribution in [0.3, 0.4) is 0 Å². The standard InChI is InChI=1S/C22H30N2O4Si/c1-4-26-29(27-5-2,28-6-3)17-11-16-23-22(25)24-20-14-9-7-12-18(20)19-13-8-10-15-21(19)24/h7-10,12-15H,4-6,11,16-17H2,1-3H3,(H,23,25). The average Bonchev–Trinajstić information content (AvgIpc) is 3.06. The molecule has 0 saturated carbocycles. The van der Waals surface area contributed by atoms with Crippen LogP contribution in [0.15, 0.2) is 48.5 Å². The van der Waals surface area contributed by atoms with Crippen LogP contribution in [0.1, 0.15) is 27.2 Å². The second-order valence-electron chi connectivity index (χ2n) is 6.69. The maximum absolute atomic E-state index is 13.0. The van der Waals surface area contributed by atoms with Crippen LogP contribution in [-0.2, 0) is 13.3 Å². The molecule has 0 atom stereocenters. The SMILES string of the molecule is CCO[Si](CCCNC(=O)n1c2ccccc2c2ccccc21)(OCC)OCC. The summed E-state index contributed by atoms with van der Waals surface area (Å²) in [5.74, 6) is 0. The van der Waals surface area contributed by atoms with Gasteiger partial charge in [0.15, 0.2) is 0 Å². The van der Waals surface area contributed by atoms with Crippen molar-refractivity contribution in [3.63, 3.8) is 0 Å². The van der Waals surface area contributed by atoms with E-state index in [0.29, 0.717) is 32.4 Å². The number of aromatic nitrogens is 1. The third kappa shape index (κ3) is 4.70. The number of carbonyl (C=O) groups excluding carboxylic acids is 1. The number of hydrogen-bond acceptors (Lipinski definition) is 4. The van der Waals surface area contributed by atoms with Crippen molar-refractivity contribution in [1.82, 2.24) is 9.88 Å². The second kappa shape index (κ2) is 10.0. The van der Waals surface area contributed by atoms with Gasteiger partial charge in [0.1, 0.15) is 0 Å². The Kier molecular flexibility index (Phi) is 7.44. The Labute approximate surface area is 173 Å². The van der Waals surface area contributed by atoms with Gasteiger partial charge in [-0.15, -0.1) is 0 Å². The predicted octanol–water partition coefficient (Wildman–Crippen LogP) is 4.79. The Morgan fingerprint density at radius 2 is 1.34 bits per heavy atom. The van der Waals surface area contributed by atoms with Crippen molar-refractivity contribution in [2.45, 2.75) is 33.2 Å². The minimum Gasteiger partial charge on any atom is -0.374 e. The Hall–Kier alpha value is -2.19. The molecule has 3 aromatic rings. The fourth-order valence-electron chi connectivity index (χ4n) is 3.72. The van der Waals surface area contributed by atoms with E-state index in [1.54, 1.807) is 4.57 Å². The van der Waals surface area contributed by atoms with Crippen molar-refractivity contribution in [3.8, 4) is 0 Å². The Morgan fingerprint density at radius 1 is 0.862 bits per heavy atom. The van der Waals surface area contributed by atoms with Gasteiger partial charge in [-0.3, -0.25) is 4.57 Å². The van der Waals surface area contributed by atoms with E-state index in [9.17, 15) is 4.79 Å². The minimum absolute atomic E-state index is 0.126. The molecule has 3 rings (SSSR count). The molecule has 0 unspecified atom stereocenters. The van der Waals surface area contributed by atoms with Gasteiger partial charge < -0.3 is 18.6 Å². The molecule has 29 heavy (non-hydrogen) atoms. The van der Waals surface area contributed by atoms with E-state index in [2.05, 4.69) is 5.32 Å². The number of carbonyl (C=O) groups is 1. The molecule has 156 valence electrons. The van der Waals surface area contributed by atoms with Gasteiger partial charge >= 0.3 is 14.8 Å². The van der Waals surface area contributed by atoms with E-state index >= 15 is 0 Å². The van der Waals surface area contributed by atoms with Crippen LogP contribution in [-0.4, -0.2) is 45.8 Å². The van der Waals surface area contributed by atoms with E-state index in [4.69, 9.17) is 13.3 Å². The summed E-state index contributed by atoms with van der Waals surface area (Å²) >= 11 is 0. The number of nitrogens with one attached hydrogen (secondary N) is 1. The average molecular weight is 415 g/mol. The lowest BCUT2D eigenvalue weighted by molar-refractivity contribution is 0.0708. The van der Waals surface area contributed by atoms with Crippen LogP contribution >= 0.6 is 0 Å². The maximum Gasteiger partial charge on any atom is 0.500 e. The first kappa shape index (κ1) is 21.5. The molecular weight excluding hydrogens is 384 g/mol. The van der Waals surface area contributed by atoms with Gasteiger partial charge in [-0.2, -0.15) is 0 Å². The van der Waals surface area contributed by atoms with Gasteiger partial charge in [-0.05, 0) is 39.3 Å². The molecule has 0 saturated heterocycles. The number of rotatable bonds is 10. The second-order valence-corrected chi connectivity index (χ2v) is 9.42. The topological polar surface area (TPSA) is 61.7 Å². The summed E-state index contributed by atoms with van der Waals surface area (Å²) in [6, 6.07) is 16.5. The molecule has 2 aromatic carbocycles. The molecule has 7 heteroatoms. The molecule has 0 spiro atoms. The summed E-state index contributed by atoms with van der Waals surface area (Å²) in [5, 5.41) is 5.20. The number of hydrogen-bond donors (Lipinski definition) is 1. The van der Waals surface area contributed by atoms with Crippen molar-refractivity contribution in [1.29, 1.82) is 0 Å². The number of amides is 1. The smallest absolute Gasteiger partial charge is 0.374 e. The van der Waals surface area contributed by atoms with Crippen molar-refractivity contribution >= 4 is 36.6 Å². The molecule has 1 amide bonds. The number of benzene rings is 2. The fourth-order valence-corrected chi connectivity index (χ4v) is 6.33. The zero-order chi connectivity index (χ0) is 20.7. The molecule has 1 aromatic heterocycles. The third-order valence-electron chi connectivity index (χ3n) is 4.81. The summed E-state index contributed by atoms with van der Waals surface area (Å²) < 4.78 is 19.4. The minimum atomic E-state index is -2.68. The highest BCUT2D eigenvalue weighted by Crippen LogP contribution is 2.28. The van der Waals surface area contributed by atoms with Gasteiger partial charge in [0, 0.05) is 43.2 Å². The van der Waals surface area contributed by atoms with E-state index < -0.39 is 8.80 Å². The van der Waals surface area contributed by atoms with Crippen LogP contribution in [0.2, 0.25) is 6.04 Å². The maximum atomic E-state index is 13.0. The molecule has 6 nitrogen and oxygen atoms in total. The van der Waals surface area contributed by atoms with Crippen molar-refractivity contribution < 1.29 is 18.1 Å². The molecular formula is C22H30N2O4Si. The summed E-state index contributed by atoms with van der Waals surface area (Å²) in [6.45, 7) is 8.04. The quantitative estimate of drug-likeness (QED) is 0.383. The highest BCUT2D eigenvalue weighted by molar-refractivity contribution is 6.60. The summed E-state index contributed by atoms with van der Waals surface area (Å²) in [5.41, 5.74) is 1.82. The lowest BCUT2D eigenvalue weighted by Gasteiger charge is -2.28. The van der Waals surface area contributed by atoms with Crippen LogP contribution in [0.4, 0.5) is 4.79 Å². The first-order valence-corrected chi connectivity index (χ1v) is 12.3. The van der Waals surface area contributed by atoms with E-state index in [1.807, 2.05) is 69.3 Å². The summed E-state index contributed by atoms with van der Waals surface area (Å²) in [7, 11) is -2.68. The molecule has 0 aliphatic carbocycles. The molecule has 0 radical (unpaired) electrons. The van der Waals surface area contributed by atoms with Gasteiger partial charge in [0.2, 0.25) is 0 Å².